The van der Waals surface area contributed by atoms with E-state index in [9.17, 15) is 13.2 Å². The van der Waals surface area contributed by atoms with Gasteiger partial charge in [-0.1, -0.05) is 12.1 Å². The van der Waals surface area contributed by atoms with Crippen LogP contribution in [-0.2, 0) is 9.84 Å². The normalized spacial score (nSPS) is 12.2. The molecule has 1 N–H and O–H groups in total. The van der Waals surface area contributed by atoms with E-state index in [1.807, 2.05) is 0 Å². The molecule has 7 heteroatoms. The van der Waals surface area contributed by atoms with Crippen LogP contribution in [0.2, 0.25) is 0 Å². The molecule has 0 bridgehead atoms. The van der Waals surface area contributed by atoms with Gasteiger partial charge in [-0.2, -0.15) is 5.10 Å². The number of furan rings is 1. The maximum Gasteiger partial charge on any atom is 0.307 e. The molecule has 1 heterocycles. The number of carbonyl (C=O) groups is 1. The van der Waals surface area contributed by atoms with Crippen molar-refractivity contribution in [2.75, 3.05) is 6.26 Å². The fourth-order valence-electron chi connectivity index (χ4n) is 1.61. The van der Waals surface area contributed by atoms with Crippen molar-refractivity contribution in [2.24, 2.45) is 5.10 Å². The van der Waals surface area contributed by atoms with Gasteiger partial charge in [-0.05, 0) is 36.8 Å². The van der Waals surface area contributed by atoms with Gasteiger partial charge in [0.25, 0.3) is 0 Å². The van der Waals surface area contributed by atoms with Crippen LogP contribution >= 0.6 is 0 Å². The summed E-state index contributed by atoms with van der Waals surface area (Å²) in [6, 6.07) is 9.40. The van der Waals surface area contributed by atoms with Gasteiger partial charge in [0, 0.05) is 6.26 Å². The van der Waals surface area contributed by atoms with E-state index in [2.05, 4.69) is 10.5 Å². The third kappa shape index (κ3) is 3.79. The number of sulfone groups is 1. The van der Waals surface area contributed by atoms with Gasteiger partial charge < -0.3 is 4.42 Å². The molecule has 21 heavy (non-hydrogen) atoms. The average molecular weight is 306 g/mol. The number of amides is 1. The monoisotopic (exact) mass is 306 g/mol. The van der Waals surface area contributed by atoms with Crippen molar-refractivity contribution < 1.29 is 17.6 Å². The third-order valence-electron chi connectivity index (χ3n) is 2.77. The Kier molecular flexibility index (Phi) is 4.23. The second-order valence-corrected chi connectivity index (χ2v) is 6.43. The van der Waals surface area contributed by atoms with E-state index >= 15 is 0 Å². The van der Waals surface area contributed by atoms with Crippen molar-refractivity contribution in [1.82, 2.24) is 5.43 Å². The summed E-state index contributed by atoms with van der Waals surface area (Å²) in [4.78, 5) is 11.9. The Hall–Kier alpha value is -2.41. The lowest BCUT2D eigenvalue weighted by atomic mass is 10.1. The van der Waals surface area contributed by atoms with E-state index in [-0.39, 0.29) is 10.7 Å². The van der Waals surface area contributed by atoms with Gasteiger partial charge in [-0.25, -0.2) is 13.8 Å². The van der Waals surface area contributed by atoms with Crippen LogP contribution in [0.15, 0.2) is 57.1 Å². The largest absolute Gasteiger partial charge is 0.459 e. The molecule has 1 amide bonds. The Morgan fingerprint density at radius 2 is 1.86 bits per heavy atom. The second kappa shape index (κ2) is 5.92. The van der Waals surface area contributed by atoms with Gasteiger partial charge in [0.15, 0.2) is 15.6 Å². The number of hydrogen-bond acceptors (Lipinski definition) is 5. The summed E-state index contributed by atoms with van der Waals surface area (Å²) in [5.74, 6) is -0.286. The summed E-state index contributed by atoms with van der Waals surface area (Å²) < 4.78 is 27.7. The third-order valence-corrected chi connectivity index (χ3v) is 3.90. The number of benzene rings is 1. The van der Waals surface area contributed by atoms with E-state index in [0.29, 0.717) is 11.3 Å². The lowest BCUT2D eigenvalue weighted by Gasteiger charge is -2.03. The molecule has 6 nitrogen and oxygen atoms in total. The summed E-state index contributed by atoms with van der Waals surface area (Å²) in [6.07, 6.45) is 2.54. The van der Waals surface area contributed by atoms with Crippen LogP contribution in [0.5, 0.6) is 0 Å². The van der Waals surface area contributed by atoms with Crippen molar-refractivity contribution in [3.63, 3.8) is 0 Å². The summed E-state index contributed by atoms with van der Waals surface area (Å²) in [7, 11) is -3.22. The zero-order valence-corrected chi connectivity index (χ0v) is 12.3. The van der Waals surface area contributed by atoms with E-state index in [1.165, 1.54) is 24.5 Å². The first-order valence-electron chi connectivity index (χ1n) is 6.06. The van der Waals surface area contributed by atoms with Crippen molar-refractivity contribution in [1.29, 1.82) is 0 Å². The Morgan fingerprint density at radius 1 is 1.19 bits per heavy atom. The van der Waals surface area contributed by atoms with E-state index in [4.69, 9.17) is 4.42 Å². The van der Waals surface area contributed by atoms with Gasteiger partial charge >= 0.3 is 5.91 Å². The molecule has 0 atom stereocenters. The molecule has 110 valence electrons. The smallest absolute Gasteiger partial charge is 0.307 e. The Balaban J connectivity index is 2.11. The molecular weight excluding hydrogens is 292 g/mol. The van der Waals surface area contributed by atoms with Gasteiger partial charge in [-0.3, -0.25) is 4.79 Å². The van der Waals surface area contributed by atoms with Crippen LogP contribution in [0.3, 0.4) is 0 Å². The molecule has 0 unspecified atom stereocenters. The zero-order chi connectivity index (χ0) is 15.5. The van der Waals surface area contributed by atoms with Crippen LogP contribution in [0.1, 0.15) is 23.0 Å². The van der Waals surface area contributed by atoms with Gasteiger partial charge in [0.2, 0.25) is 0 Å². The summed E-state index contributed by atoms with van der Waals surface area (Å²) in [6.45, 7) is 1.71. The molecule has 1 aromatic heterocycles. The standard InChI is InChI=1S/C14H14N2O4S/c1-10(15-16-14(17)13-4-3-9-20-13)11-5-7-12(8-6-11)21(2,18)19/h3-9H,1-2H3,(H,16,17)/b15-10-. The van der Waals surface area contributed by atoms with E-state index < -0.39 is 15.7 Å². The van der Waals surface area contributed by atoms with Crippen LogP contribution in [-0.4, -0.2) is 26.3 Å². The molecule has 0 saturated heterocycles. The average Bonchev–Trinajstić information content (AvgIpc) is 2.98. The number of hydrogen-bond donors (Lipinski definition) is 1. The Morgan fingerprint density at radius 3 is 2.38 bits per heavy atom. The quantitative estimate of drug-likeness (QED) is 0.689. The lowest BCUT2D eigenvalue weighted by Crippen LogP contribution is -2.18. The minimum absolute atomic E-state index is 0.166. The first-order chi connectivity index (χ1) is 9.88. The molecule has 1 aromatic carbocycles. The minimum atomic E-state index is -3.22. The molecule has 2 aromatic rings. The fraction of sp³-hybridized carbons (Fsp3) is 0.143. The first kappa shape index (κ1) is 15.0. The highest BCUT2D eigenvalue weighted by Gasteiger charge is 2.09. The Bertz CT molecular complexity index is 760. The zero-order valence-electron chi connectivity index (χ0n) is 11.5. The van der Waals surface area contributed by atoms with Crippen molar-refractivity contribution >= 4 is 21.5 Å². The number of rotatable bonds is 4. The van der Waals surface area contributed by atoms with Gasteiger partial charge in [-0.15, -0.1) is 0 Å². The highest BCUT2D eigenvalue weighted by molar-refractivity contribution is 7.90. The maximum absolute atomic E-state index is 11.6. The molecule has 0 spiro atoms. The first-order valence-corrected chi connectivity index (χ1v) is 7.95. The molecule has 0 aliphatic heterocycles. The van der Waals surface area contributed by atoms with Crippen LogP contribution in [0.25, 0.3) is 0 Å². The lowest BCUT2D eigenvalue weighted by molar-refractivity contribution is 0.0927. The topological polar surface area (TPSA) is 88.7 Å². The van der Waals surface area contributed by atoms with Crippen LogP contribution in [0.4, 0.5) is 0 Å². The predicted octanol–water partition coefficient (Wildman–Crippen LogP) is 1.84. The van der Waals surface area contributed by atoms with Crippen molar-refractivity contribution in [3.05, 3.63) is 54.0 Å². The van der Waals surface area contributed by atoms with Crippen molar-refractivity contribution in [3.8, 4) is 0 Å². The van der Waals surface area contributed by atoms with Crippen LogP contribution < -0.4 is 5.43 Å². The Labute approximate surface area is 122 Å². The summed E-state index contributed by atoms with van der Waals surface area (Å²) in [5.41, 5.74) is 3.63. The number of carbonyl (C=O) groups excluding carboxylic acids is 1. The minimum Gasteiger partial charge on any atom is -0.459 e. The van der Waals surface area contributed by atoms with Gasteiger partial charge in [0.05, 0.1) is 16.9 Å². The predicted molar refractivity (Wildman–Crippen MR) is 77.9 cm³/mol. The molecule has 0 saturated carbocycles. The van der Waals surface area contributed by atoms with Crippen LogP contribution in [0, 0.1) is 0 Å². The molecule has 0 radical (unpaired) electrons. The SMILES string of the molecule is C/C(=N/NC(=O)c1ccco1)c1ccc(S(C)(=O)=O)cc1. The molecule has 0 aliphatic rings. The maximum atomic E-state index is 11.6. The summed E-state index contributed by atoms with van der Waals surface area (Å²) in [5, 5.41) is 3.95. The van der Waals surface area contributed by atoms with E-state index in [0.717, 1.165) is 6.26 Å². The molecular formula is C14H14N2O4S. The highest BCUT2D eigenvalue weighted by atomic mass is 32.2. The van der Waals surface area contributed by atoms with Crippen molar-refractivity contribution in [2.45, 2.75) is 11.8 Å². The number of hydrazone groups is 1. The summed E-state index contributed by atoms with van der Waals surface area (Å²) >= 11 is 0. The fourth-order valence-corrected chi connectivity index (χ4v) is 2.24. The second-order valence-electron chi connectivity index (χ2n) is 4.41. The molecule has 2 rings (SSSR count). The number of nitrogens with zero attached hydrogens (tertiary/aromatic N) is 1. The van der Waals surface area contributed by atoms with Gasteiger partial charge in [0.1, 0.15) is 0 Å². The number of nitrogens with one attached hydrogen (secondary N) is 1. The highest BCUT2D eigenvalue weighted by Crippen LogP contribution is 2.11. The van der Waals surface area contributed by atoms with E-state index in [1.54, 1.807) is 25.1 Å². The molecule has 0 aliphatic carbocycles. The molecule has 0 fully saturated rings.